The van der Waals surface area contributed by atoms with Crippen LogP contribution in [0.25, 0.3) is 10.2 Å². The van der Waals surface area contributed by atoms with Crippen molar-refractivity contribution in [2.24, 2.45) is 4.99 Å². The zero-order chi connectivity index (χ0) is 18.8. The summed E-state index contributed by atoms with van der Waals surface area (Å²) in [7, 11) is 0. The maximum absolute atomic E-state index is 12.6. The molecule has 1 amide bonds. The van der Waals surface area contributed by atoms with Gasteiger partial charge >= 0.3 is 0 Å². The van der Waals surface area contributed by atoms with Crippen molar-refractivity contribution in [3.05, 3.63) is 67.5 Å². The van der Waals surface area contributed by atoms with Gasteiger partial charge in [0.2, 0.25) is 0 Å². The molecule has 3 rings (SSSR count). The molecule has 0 unspecified atom stereocenters. The Kier molecular flexibility index (Phi) is 4.89. The molecule has 0 fully saturated rings. The van der Waals surface area contributed by atoms with Crippen LogP contribution in [0.3, 0.4) is 0 Å². The number of terminal acetylenes is 1. The van der Waals surface area contributed by atoms with Gasteiger partial charge in [0.05, 0.1) is 21.7 Å². The molecular formula is C18H12ClN3O3S. The number of halogens is 1. The molecule has 0 aliphatic carbocycles. The van der Waals surface area contributed by atoms with Crippen LogP contribution < -0.4 is 4.80 Å². The van der Waals surface area contributed by atoms with Crippen molar-refractivity contribution in [2.75, 3.05) is 0 Å². The van der Waals surface area contributed by atoms with E-state index in [4.69, 9.17) is 18.0 Å². The first-order valence-electron chi connectivity index (χ1n) is 7.48. The van der Waals surface area contributed by atoms with Crippen molar-refractivity contribution < 1.29 is 9.72 Å². The predicted octanol–water partition coefficient (Wildman–Crippen LogP) is 3.95. The number of benzene rings is 2. The lowest BCUT2D eigenvalue weighted by molar-refractivity contribution is -0.385. The van der Waals surface area contributed by atoms with Crippen LogP contribution >= 0.6 is 22.9 Å². The van der Waals surface area contributed by atoms with Crippen molar-refractivity contribution in [1.82, 2.24) is 4.57 Å². The van der Waals surface area contributed by atoms with Gasteiger partial charge in [-0.15, -0.1) is 6.42 Å². The highest BCUT2D eigenvalue weighted by molar-refractivity contribution is 7.16. The van der Waals surface area contributed by atoms with Crippen LogP contribution in [-0.4, -0.2) is 15.4 Å². The highest BCUT2D eigenvalue weighted by Crippen LogP contribution is 2.27. The van der Waals surface area contributed by atoms with Gasteiger partial charge in [-0.1, -0.05) is 41.0 Å². The first-order valence-corrected chi connectivity index (χ1v) is 8.68. The van der Waals surface area contributed by atoms with Gasteiger partial charge in [0, 0.05) is 11.1 Å². The largest absolute Gasteiger partial charge is 0.304 e. The molecule has 1 heterocycles. The lowest BCUT2D eigenvalue weighted by atomic mass is 10.2. The van der Waals surface area contributed by atoms with Crippen molar-refractivity contribution >= 4 is 44.7 Å². The van der Waals surface area contributed by atoms with E-state index in [-0.39, 0.29) is 17.8 Å². The van der Waals surface area contributed by atoms with E-state index < -0.39 is 10.8 Å². The minimum atomic E-state index is -0.696. The van der Waals surface area contributed by atoms with E-state index in [0.717, 1.165) is 15.8 Å². The number of nitro groups is 1. The van der Waals surface area contributed by atoms with Gasteiger partial charge in [0.15, 0.2) is 4.80 Å². The summed E-state index contributed by atoms with van der Waals surface area (Å²) in [5.41, 5.74) is 1.27. The molecule has 0 aliphatic rings. The number of aryl methyl sites for hydroxylation is 1. The first kappa shape index (κ1) is 17.9. The molecule has 8 heteroatoms. The summed E-state index contributed by atoms with van der Waals surface area (Å²) in [5.74, 6) is 1.84. The topological polar surface area (TPSA) is 77.5 Å². The molecule has 130 valence electrons. The predicted molar refractivity (Wildman–Crippen MR) is 101 cm³/mol. The van der Waals surface area contributed by atoms with E-state index in [0.29, 0.717) is 9.82 Å². The summed E-state index contributed by atoms with van der Waals surface area (Å²) < 4.78 is 2.59. The normalized spacial score (nSPS) is 11.5. The molecule has 0 spiro atoms. The fraction of sp³-hybridized carbons (Fsp3) is 0.111. The number of nitrogens with zero attached hydrogens (tertiary/aromatic N) is 3. The molecule has 0 bridgehead atoms. The number of para-hydroxylation sites is 1. The average Bonchev–Trinajstić information content (AvgIpc) is 2.96. The van der Waals surface area contributed by atoms with Gasteiger partial charge in [0.1, 0.15) is 5.56 Å². The van der Waals surface area contributed by atoms with Crippen LogP contribution in [-0.2, 0) is 6.54 Å². The Bertz CT molecular complexity index is 1150. The number of thiazole rings is 1. The maximum Gasteiger partial charge on any atom is 0.286 e. The number of aromatic nitrogens is 1. The van der Waals surface area contributed by atoms with E-state index in [9.17, 15) is 14.9 Å². The number of hydrogen-bond acceptors (Lipinski definition) is 4. The fourth-order valence-corrected chi connectivity index (χ4v) is 3.84. The van der Waals surface area contributed by atoms with E-state index in [1.807, 2.05) is 13.0 Å². The van der Waals surface area contributed by atoms with Crippen LogP contribution in [0, 0.1) is 29.4 Å². The zero-order valence-electron chi connectivity index (χ0n) is 13.6. The average molecular weight is 386 g/mol. The molecule has 0 N–H and O–H groups in total. The van der Waals surface area contributed by atoms with Crippen molar-refractivity contribution in [2.45, 2.75) is 13.5 Å². The van der Waals surface area contributed by atoms with Gasteiger partial charge in [-0.05, 0) is 30.7 Å². The Morgan fingerprint density at radius 1 is 1.38 bits per heavy atom. The van der Waals surface area contributed by atoms with Crippen LogP contribution in [0.5, 0.6) is 0 Å². The molecule has 0 aliphatic heterocycles. The van der Waals surface area contributed by atoms with Crippen LogP contribution in [0.4, 0.5) is 5.69 Å². The molecular weight excluding hydrogens is 374 g/mol. The molecule has 0 radical (unpaired) electrons. The lowest BCUT2D eigenvalue weighted by Crippen LogP contribution is -2.17. The Labute approximate surface area is 157 Å². The maximum atomic E-state index is 12.6. The lowest BCUT2D eigenvalue weighted by Gasteiger charge is -2.04. The number of rotatable bonds is 3. The molecule has 0 saturated carbocycles. The SMILES string of the molecule is C#CCn1c(=NC(=O)c2ccccc2[N+](=O)[O-])sc2ccc(Cl)c(C)c21. The number of nitro benzene ring substituents is 1. The van der Waals surface area contributed by atoms with Crippen LogP contribution in [0.1, 0.15) is 15.9 Å². The Balaban J connectivity index is 2.24. The summed E-state index contributed by atoms with van der Waals surface area (Å²) in [6.45, 7) is 2.06. The smallest absolute Gasteiger partial charge is 0.286 e. The van der Waals surface area contributed by atoms with Gasteiger partial charge in [-0.3, -0.25) is 14.9 Å². The second kappa shape index (κ2) is 7.12. The molecule has 2 aromatic carbocycles. The molecule has 0 atom stereocenters. The van der Waals surface area contributed by atoms with Crippen LogP contribution in [0.15, 0.2) is 41.4 Å². The number of carbonyl (C=O) groups excluding carboxylic acids is 1. The molecule has 0 saturated heterocycles. The highest BCUT2D eigenvalue weighted by Gasteiger charge is 2.19. The van der Waals surface area contributed by atoms with Gasteiger partial charge in [-0.25, -0.2) is 0 Å². The third kappa shape index (κ3) is 3.12. The standard InChI is InChI=1S/C18H12ClN3O3S/c1-3-10-21-16-11(2)13(19)8-9-15(16)26-18(21)20-17(23)12-6-4-5-7-14(12)22(24)25/h1,4-9H,10H2,2H3. The Hall–Kier alpha value is -2.95. The van der Waals surface area contributed by atoms with Gasteiger partial charge in [0.25, 0.3) is 11.6 Å². The molecule has 6 nitrogen and oxygen atoms in total. The van der Waals surface area contributed by atoms with E-state index >= 15 is 0 Å². The van der Waals surface area contributed by atoms with Gasteiger partial charge in [-0.2, -0.15) is 4.99 Å². The Morgan fingerprint density at radius 2 is 2.12 bits per heavy atom. The summed E-state index contributed by atoms with van der Waals surface area (Å²) in [4.78, 5) is 27.6. The number of amides is 1. The van der Waals surface area contributed by atoms with Crippen LogP contribution in [0.2, 0.25) is 5.02 Å². The molecule has 1 aromatic heterocycles. The van der Waals surface area contributed by atoms with Crippen molar-refractivity contribution in [1.29, 1.82) is 0 Å². The summed E-state index contributed by atoms with van der Waals surface area (Å²) in [6.07, 6.45) is 5.46. The molecule has 26 heavy (non-hydrogen) atoms. The number of hydrogen-bond donors (Lipinski definition) is 0. The van der Waals surface area contributed by atoms with E-state index in [1.165, 1.54) is 29.5 Å². The molecule has 3 aromatic rings. The summed E-state index contributed by atoms with van der Waals surface area (Å²) >= 11 is 7.47. The highest BCUT2D eigenvalue weighted by atomic mass is 35.5. The third-order valence-electron chi connectivity index (χ3n) is 3.81. The fourth-order valence-electron chi connectivity index (χ4n) is 2.60. The number of carbonyl (C=O) groups is 1. The third-order valence-corrected chi connectivity index (χ3v) is 5.26. The van der Waals surface area contributed by atoms with Crippen molar-refractivity contribution in [3.63, 3.8) is 0 Å². The van der Waals surface area contributed by atoms with Gasteiger partial charge < -0.3 is 4.57 Å². The monoisotopic (exact) mass is 385 g/mol. The van der Waals surface area contributed by atoms with Crippen molar-refractivity contribution in [3.8, 4) is 12.3 Å². The second-order valence-corrected chi connectivity index (χ2v) is 6.80. The quantitative estimate of drug-likeness (QED) is 0.389. The minimum absolute atomic E-state index is 0.0723. The first-order chi connectivity index (χ1) is 12.4. The zero-order valence-corrected chi connectivity index (χ0v) is 15.2. The minimum Gasteiger partial charge on any atom is -0.304 e. The number of fused-ring (bicyclic) bond motifs is 1. The van der Waals surface area contributed by atoms with E-state index in [1.54, 1.807) is 16.7 Å². The Morgan fingerprint density at radius 3 is 2.81 bits per heavy atom. The summed E-state index contributed by atoms with van der Waals surface area (Å²) in [5, 5.41) is 11.7. The summed E-state index contributed by atoms with van der Waals surface area (Å²) in [6, 6.07) is 9.30. The second-order valence-electron chi connectivity index (χ2n) is 5.39. The van der Waals surface area contributed by atoms with E-state index in [2.05, 4.69) is 10.9 Å².